The molecule has 1 aromatic heterocycles. The minimum atomic E-state index is -3.55. The maximum Gasteiger partial charge on any atom is 0.243 e. The number of ether oxygens (including phenoxy) is 1. The summed E-state index contributed by atoms with van der Waals surface area (Å²) in [5.74, 6) is 0.723. The van der Waals surface area contributed by atoms with Gasteiger partial charge < -0.3 is 4.74 Å². The van der Waals surface area contributed by atoms with Crippen molar-refractivity contribution in [3.8, 4) is 5.75 Å². The predicted octanol–water partition coefficient (Wildman–Crippen LogP) is 1.85. The fraction of sp³-hybridized carbons (Fsp3) is 0.375. The fourth-order valence-electron chi connectivity index (χ4n) is 2.98. The molecule has 1 aliphatic heterocycles. The summed E-state index contributed by atoms with van der Waals surface area (Å²) in [4.78, 5) is 8.50. The Kier molecular flexibility index (Phi) is 4.08. The van der Waals surface area contributed by atoms with Crippen LogP contribution in [0.15, 0.2) is 29.6 Å². The van der Waals surface area contributed by atoms with Crippen LogP contribution in [0.25, 0.3) is 0 Å². The summed E-state index contributed by atoms with van der Waals surface area (Å²) < 4.78 is 32.7. The minimum Gasteiger partial charge on any atom is -0.496 e. The van der Waals surface area contributed by atoms with Gasteiger partial charge in [0.05, 0.1) is 12.0 Å². The molecule has 0 radical (unpaired) electrons. The van der Waals surface area contributed by atoms with Crippen molar-refractivity contribution in [1.82, 2.24) is 14.3 Å². The molecule has 0 spiro atoms. The zero-order chi connectivity index (χ0) is 16.6. The second kappa shape index (κ2) is 5.90. The van der Waals surface area contributed by atoms with Gasteiger partial charge in [0.2, 0.25) is 10.0 Å². The maximum absolute atomic E-state index is 12.9. The van der Waals surface area contributed by atoms with Gasteiger partial charge in [0, 0.05) is 37.0 Å². The van der Waals surface area contributed by atoms with Gasteiger partial charge in [-0.1, -0.05) is 0 Å². The molecule has 0 bridgehead atoms. The number of methoxy groups -OCH3 is 1. The molecule has 0 amide bonds. The topological polar surface area (TPSA) is 72.4 Å². The Morgan fingerprint density at radius 1 is 1.22 bits per heavy atom. The lowest BCUT2D eigenvalue weighted by Crippen LogP contribution is -2.36. The predicted molar refractivity (Wildman–Crippen MR) is 85.8 cm³/mol. The summed E-state index contributed by atoms with van der Waals surface area (Å²) in [7, 11) is -1.96. The molecule has 3 rings (SSSR count). The number of aromatic nitrogens is 2. The third-order valence-electron chi connectivity index (χ3n) is 4.10. The Hall–Kier alpha value is -1.99. The molecule has 0 unspecified atom stereocenters. The van der Waals surface area contributed by atoms with Gasteiger partial charge in [0.25, 0.3) is 0 Å². The van der Waals surface area contributed by atoms with Crippen molar-refractivity contribution < 1.29 is 13.2 Å². The van der Waals surface area contributed by atoms with Crippen LogP contribution in [0.1, 0.15) is 22.4 Å². The molecule has 7 heteroatoms. The van der Waals surface area contributed by atoms with Gasteiger partial charge in [-0.2, -0.15) is 4.31 Å². The molecular weight excluding hydrogens is 314 g/mol. The quantitative estimate of drug-likeness (QED) is 0.857. The van der Waals surface area contributed by atoms with Crippen LogP contribution in [-0.4, -0.2) is 36.3 Å². The highest BCUT2D eigenvalue weighted by Crippen LogP contribution is 2.29. The van der Waals surface area contributed by atoms with Gasteiger partial charge in [-0.15, -0.1) is 0 Å². The molecule has 1 aliphatic rings. The lowest BCUT2D eigenvalue weighted by Gasteiger charge is -2.27. The van der Waals surface area contributed by atoms with E-state index in [0.717, 1.165) is 28.1 Å². The van der Waals surface area contributed by atoms with E-state index in [9.17, 15) is 8.42 Å². The van der Waals surface area contributed by atoms with Gasteiger partial charge >= 0.3 is 0 Å². The van der Waals surface area contributed by atoms with E-state index in [1.807, 2.05) is 13.8 Å². The summed E-state index contributed by atoms with van der Waals surface area (Å²) in [5, 5.41) is 0. The van der Waals surface area contributed by atoms with Gasteiger partial charge in [0.15, 0.2) is 0 Å². The van der Waals surface area contributed by atoms with Gasteiger partial charge in [-0.05, 0) is 37.1 Å². The first-order chi connectivity index (χ1) is 10.9. The molecule has 0 saturated carbocycles. The Bertz CT molecular complexity index is 826. The van der Waals surface area contributed by atoms with Gasteiger partial charge in [-0.3, -0.25) is 0 Å². The largest absolute Gasteiger partial charge is 0.496 e. The molecule has 122 valence electrons. The van der Waals surface area contributed by atoms with Crippen molar-refractivity contribution in [2.45, 2.75) is 31.7 Å². The first-order valence-electron chi connectivity index (χ1n) is 7.36. The Labute approximate surface area is 136 Å². The molecule has 0 aliphatic carbocycles. The van der Waals surface area contributed by atoms with Crippen LogP contribution in [0.3, 0.4) is 0 Å². The summed E-state index contributed by atoms with van der Waals surface area (Å²) in [6, 6.07) is 3.33. The number of nitrogens with zero attached hydrogens (tertiary/aromatic N) is 3. The molecule has 0 atom stereocenters. The van der Waals surface area contributed by atoms with Crippen LogP contribution in [0.4, 0.5) is 0 Å². The molecule has 2 heterocycles. The number of hydrogen-bond acceptors (Lipinski definition) is 5. The average Bonchev–Trinajstić information content (AvgIpc) is 2.54. The highest BCUT2D eigenvalue weighted by atomic mass is 32.2. The number of benzene rings is 1. The standard InChI is InChI=1S/C16H19N3O3S/c1-11-6-14(7-12(2)16(11)22-3)23(20,21)19-5-4-15-13(9-19)8-17-10-18-15/h6-8,10H,4-5,9H2,1-3H3. The molecule has 1 aromatic carbocycles. The number of aryl methyl sites for hydroxylation is 2. The van der Waals surface area contributed by atoms with E-state index in [1.54, 1.807) is 25.4 Å². The van der Waals surface area contributed by atoms with Crippen molar-refractivity contribution in [3.63, 3.8) is 0 Å². The second-order valence-electron chi connectivity index (χ2n) is 5.67. The van der Waals surface area contributed by atoms with Crippen molar-refractivity contribution in [2.75, 3.05) is 13.7 Å². The molecule has 0 fully saturated rings. The third-order valence-corrected chi connectivity index (χ3v) is 5.92. The van der Waals surface area contributed by atoms with Crippen molar-refractivity contribution in [3.05, 3.63) is 47.0 Å². The lowest BCUT2D eigenvalue weighted by atomic mass is 10.1. The normalized spacial score (nSPS) is 15.3. The van der Waals surface area contributed by atoms with Gasteiger partial charge in [-0.25, -0.2) is 18.4 Å². The average molecular weight is 333 g/mol. The monoisotopic (exact) mass is 333 g/mol. The van der Waals surface area contributed by atoms with E-state index in [2.05, 4.69) is 9.97 Å². The van der Waals surface area contributed by atoms with Crippen LogP contribution in [0, 0.1) is 13.8 Å². The number of sulfonamides is 1. The van der Waals surface area contributed by atoms with Crippen LogP contribution < -0.4 is 4.74 Å². The minimum absolute atomic E-state index is 0.300. The maximum atomic E-state index is 12.9. The van der Waals surface area contributed by atoms with E-state index in [-0.39, 0.29) is 0 Å². The van der Waals surface area contributed by atoms with Crippen LogP contribution in [0.5, 0.6) is 5.75 Å². The third kappa shape index (κ3) is 2.82. The Morgan fingerprint density at radius 3 is 2.57 bits per heavy atom. The van der Waals surface area contributed by atoms with Crippen LogP contribution in [-0.2, 0) is 23.0 Å². The van der Waals surface area contributed by atoms with E-state index in [4.69, 9.17) is 4.74 Å². The fourth-order valence-corrected chi connectivity index (χ4v) is 4.57. The van der Waals surface area contributed by atoms with Crippen molar-refractivity contribution in [2.24, 2.45) is 0 Å². The Morgan fingerprint density at radius 2 is 1.91 bits per heavy atom. The summed E-state index contributed by atoms with van der Waals surface area (Å²) in [6.45, 7) is 4.44. The highest BCUT2D eigenvalue weighted by molar-refractivity contribution is 7.89. The Balaban J connectivity index is 1.97. The zero-order valence-corrected chi connectivity index (χ0v) is 14.2. The van der Waals surface area contributed by atoms with E-state index in [1.165, 1.54) is 10.6 Å². The second-order valence-corrected chi connectivity index (χ2v) is 7.61. The van der Waals surface area contributed by atoms with Crippen molar-refractivity contribution >= 4 is 10.0 Å². The van der Waals surface area contributed by atoms with Crippen molar-refractivity contribution in [1.29, 1.82) is 0 Å². The molecule has 0 N–H and O–H groups in total. The summed E-state index contributed by atoms with van der Waals surface area (Å²) in [6.07, 6.45) is 3.79. The first kappa shape index (κ1) is 15.9. The van der Waals surface area contributed by atoms with E-state index < -0.39 is 10.0 Å². The SMILES string of the molecule is COc1c(C)cc(S(=O)(=O)N2CCc3ncncc3C2)cc1C. The molecule has 23 heavy (non-hydrogen) atoms. The van der Waals surface area contributed by atoms with E-state index in [0.29, 0.717) is 24.4 Å². The molecule has 0 saturated heterocycles. The number of fused-ring (bicyclic) bond motifs is 1. The molecule has 6 nitrogen and oxygen atoms in total. The summed E-state index contributed by atoms with van der Waals surface area (Å²) >= 11 is 0. The van der Waals surface area contributed by atoms with Crippen LogP contribution >= 0.6 is 0 Å². The molecule has 2 aromatic rings. The van der Waals surface area contributed by atoms with Gasteiger partial charge in [0.1, 0.15) is 12.1 Å². The number of rotatable bonds is 3. The van der Waals surface area contributed by atoms with Crippen LogP contribution in [0.2, 0.25) is 0 Å². The molecular formula is C16H19N3O3S. The first-order valence-corrected chi connectivity index (χ1v) is 8.80. The lowest BCUT2D eigenvalue weighted by molar-refractivity contribution is 0.386. The smallest absolute Gasteiger partial charge is 0.243 e. The zero-order valence-electron chi connectivity index (χ0n) is 13.4. The van der Waals surface area contributed by atoms with E-state index >= 15 is 0 Å². The highest BCUT2D eigenvalue weighted by Gasteiger charge is 2.29. The number of hydrogen-bond donors (Lipinski definition) is 0. The summed E-state index contributed by atoms with van der Waals surface area (Å²) in [5.41, 5.74) is 3.41.